The molecule has 0 spiro atoms. The number of benzene rings is 2. The van der Waals surface area contributed by atoms with Crippen LogP contribution < -0.4 is 5.69 Å². The molecule has 4 rings (SSSR count). The molecule has 1 saturated heterocycles. The highest BCUT2D eigenvalue weighted by Gasteiger charge is 2.23. The quantitative estimate of drug-likeness (QED) is 0.685. The van der Waals surface area contributed by atoms with E-state index in [4.69, 9.17) is 0 Å². The highest BCUT2D eigenvalue weighted by atomic mass is 16.3. The molecular formula is C24H28N4O2. The van der Waals surface area contributed by atoms with Crippen LogP contribution in [0.25, 0.3) is 11.8 Å². The van der Waals surface area contributed by atoms with Crippen LogP contribution in [0, 0.1) is 0 Å². The van der Waals surface area contributed by atoms with Crippen LogP contribution in [0.3, 0.4) is 0 Å². The summed E-state index contributed by atoms with van der Waals surface area (Å²) in [6.07, 6.45) is 5.66. The number of piperidine rings is 1. The van der Waals surface area contributed by atoms with E-state index in [0.717, 1.165) is 43.7 Å². The van der Waals surface area contributed by atoms with Crippen molar-refractivity contribution in [1.82, 2.24) is 19.2 Å². The van der Waals surface area contributed by atoms with Crippen molar-refractivity contribution >= 4 is 6.08 Å². The summed E-state index contributed by atoms with van der Waals surface area (Å²) < 4.78 is 3.20. The SMILES string of the molecule is CC(=Cc1ccccc1)CN1CCC(n2ncn(-c3ccc(CO)cc3)c2=O)CC1. The first-order chi connectivity index (χ1) is 14.6. The number of aliphatic hydroxyl groups excluding tert-OH is 1. The highest BCUT2D eigenvalue weighted by Crippen LogP contribution is 2.21. The second-order valence-corrected chi connectivity index (χ2v) is 7.96. The van der Waals surface area contributed by atoms with E-state index in [1.54, 1.807) is 15.6 Å². The highest BCUT2D eigenvalue weighted by molar-refractivity contribution is 5.52. The lowest BCUT2D eigenvalue weighted by Gasteiger charge is -2.31. The topological polar surface area (TPSA) is 63.3 Å². The minimum Gasteiger partial charge on any atom is -0.392 e. The molecule has 3 aromatic rings. The third-order valence-corrected chi connectivity index (χ3v) is 5.68. The molecule has 1 aromatic heterocycles. The molecule has 1 N–H and O–H groups in total. The second kappa shape index (κ2) is 9.24. The molecule has 0 aliphatic carbocycles. The van der Waals surface area contributed by atoms with E-state index in [2.05, 4.69) is 47.3 Å². The average molecular weight is 405 g/mol. The smallest absolute Gasteiger partial charge is 0.350 e. The molecule has 0 bridgehead atoms. The molecule has 0 atom stereocenters. The molecule has 2 heterocycles. The number of rotatable bonds is 6. The third kappa shape index (κ3) is 4.61. The van der Waals surface area contributed by atoms with E-state index < -0.39 is 0 Å². The second-order valence-electron chi connectivity index (χ2n) is 7.96. The zero-order valence-corrected chi connectivity index (χ0v) is 17.3. The molecule has 156 valence electrons. The number of hydrogen-bond acceptors (Lipinski definition) is 4. The van der Waals surface area contributed by atoms with Gasteiger partial charge in [-0.15, -0.1) is 0 Å². The predicted octanol–water partition coefficient (Wildman–Crippen LogP) is 3.27. The summed E-state index contributed by atoms with van der Waals surface area (Å²) in [5.74, 6) is 0. The summed E-state index contributed by atoms with van der Waals surface area (Å²) in [4.78, 5) is 15.3. The fourth-order valence-electron chi connectivity index (χ4n) is 4.06. The van der Waals surface area contributed by atoms with Crippen molar-refractivity contribution in [2.45, 2.75) is 32.4 Å². The summed E-state index contributed by atoms with van der Waals surface area (Å²) >= 11 is 0. The Morgan fingerprint density at radius 2 is 1.80 bits per heavy atom. The molecule has 0 amide bonds. The molecule has 6 heteroatoms. The molecule has 30 heavy (non-hydrogen) atoms. The number of hydrogen-bond donors (Lipinski definition) is 1. The molecule has 1 aliphatic rings. The number of nitrogens with zero attached hydrogens (tertiary/aromatic N) is 4. The zero-order valence-electron chi connectivity index (χ0n) is 17.3. The van der Waals surface area contributed by atoms with Gasteiger partial charge in [-0.2, -0.15) is 5.10 Å². The molecule has 1 aliphatic heterocycles. The van der Waals surface area contributed by atoms with Crippen molar-refractivity contribution in [3.8, 4) is 5.69 Å². The number of aromatic nitrogens is 3. The van der Waals surface area contributed by atoms with Crippen LogP contribution in [0.2, 0.25) is 0 Å². The Labute approximate surface area is 176 Å². The fraction of sp³-hybridized carbons (Fsp3) is 0.333. The van der Waals surface area contributed by atoms with Crippen molar-refractivity contribution in [1.29, 1.82) is 0 Å². The first-order valence-electron chi connectivity index (χ1n) is 10.4. The Morgan fingerprint density at radius 3 is 2.47 bits per heavy atom. The Bertz CT molecular complexity index is 1040. The lowest BCUT2D eigenvalue weighted by molar-refractivity contribution is 0.189. The Kier molecular flexibility index (Phi) is 6.26. The van der Waals surface area contributed by atoms with Gasteiger partial charge < -0.3 is 5.11 Å². The van der Waals surface area contributed by atoms with Crippen LogP contribution in [0.4, 0.5) is 0 Å². The lowest BCUT2D eigenvalue weighted by Crippen LogP contribution is -2.38. The molecule has 6 nitrogen and oxygen atoms in total. The molecular weight excluding hydrogens is 376 g/mol. The van der Waals surface area contributed by atoms with Gasteiger partial charge in [0.15, 0.2) is 0 Å². The van der Waals surface area contributed by atoms with Crippen LogP contribution in [0.15, 0.2) is 71.3 Å². The average Bonchev–Trinajstić information content (AvgIpc) is 3.16. The lowest BCUT2D eigenvalue weighted by atomic mass is 10.0. The van der Waals surface area contributed by atoms with Crippen molar-refractivity contribution in [2.75, 3.05) is 19.6 Å². The van der Waals surface area contributed by atoms with Crippen LogP contribution >= 0.6 is 0 Å². The summed E-state index contributed by atoms with van der Waals surface area (Å²) in [6, 6.07) is 17.8. The summed E-state index contributed by atoms with van der Waals surface area (Å²) in [7, 11) is 0. The van der Waals surface area contributed by atoms with Gasteiger partial charge in [0.2, 0.25) is 0 Å². The van der Waals surface area contributed by atoms with Crippen LogP contribution in [0.5, 0.6) is 0 Å². The summed E-state index contributed by atoms with van der Waals surface area (Å²) in [6.45, 7) is 5.02. The Hall–Kier alpha value is -2.96. The van der Waals surface area contributed by atoms with Gasteiger partial charge in [-0.05, 0) is 43.0 Å². The molecule has 0 saturated carbocycles. The van der Waals surface area contributed by atoms with Crippen molar-refractivity contribution in [2.24, 2.45) is 0 Å². The fourth-order valence-corrected chi connectivity index (χ4v) is 4.06. The Morgan fingerprint density at radius 1 is 1.10 bits per heavy atom. The van der Waals surface area contributed by atoms with E-state index in [9.17, 15) is 9.90 Å². The van der Waals surface area contributed by atoms with E-state index in [1.165, 1.54) is 11.1 Å². The van der Waals surface area contributed by atoms with Gasteiger partial charge in [0.1, 0.15) is 6.33 Å². The predicted molar refractivity (Wildman–Crippen MR) is 119 cm³/mol. The first-order valence-corrected chi connectivity index (χ1v) is 10.4. The van der Waals surface area contributed by atoms with Gasteiger partial charge in [0, 0.05) is 19.6 Å². The minimum atomic E-state index is -0.106. The summed E-state index contributed by atoms with van der Waals surface area (Å²) in [5, 5.41) is 13.6. The summed E-state index contributed by atoms with van der Waals surface area (Å²) in [5.41, 5.74) is 4.05. The molecule has 0 radical (unpaired) electrons. The maximum Gasteiger partial charge on any atom is 0.350 e. The maximum absolute atomic E-state index is 12.9. The zero-order chi connectivity index (χ0) is 20.9. The van der Waals surface area contributed by atoms with Crippen molar-refractivity contribution in [3.63, 3.8) is 0 Å². The molecule has 2 aromatic carbocycles. The standard InChI is InChI=1S/C24H28N4O2/c1-19(15-20-5-3-2-4-6-20)16-26-13-11-23(12-14-26)28-24(30)27(18-25-28)22-9-7-21(17-29)8-10-22/h2-10,15,18,23,29H,11-14,16-17H2,1H3. The third-order valence-electron chi connectivity index (χ3n) is 5.68. The van der Waals surface area contributed by atoms with Crippen molar-refractivity contribution < 1.29 is 5.11 Å². The minimum absolute atomic E-state index is 0.00692. The van der Waals surface area contributed by atoms with Gasteiger partial charge in [0.05, 0.1) is 18.3 Å². The largest absolute Gasteiger partial charge is 0.392 e. The van der Waals surface area contributed by atoms with Crippen LogP contribution in [0.1, 0.15) is 36.9 Å². The Balaban J connectivity index is 1.38. The van der Waals surface area contributed by atoms with Crippen molar-refractivity contribution in [3.05, 3.63) is 88.1 Å². The van der Waals surface area contributed by atoms with Gasteiger partial charge in [-0.3, -0.25) is 4.90 Å². The first kappa shape index (κ1) is 20.3. The molecule has 1 fully saturated rings. The van der Waals surface area contributed by atoms with Gasteiger partial charge >= 0.3 is 5.69 Å². The van der Waals surface area contributed by atoms with E-state index in [1.807, 2.05) is 30.3 Å². The van der Waals surface area contributed by atoms with Gasteiger partial charge in [0.25, 0.3) is 0 Å². The maximum atomic E-state index is 12.9. The van der Waals surface area contributed by atoms with Gasteiger partial charge in [-0.25, -0.2) is 14.0 Å². The van der Waals surface area contributed by atoms with Crippen LogP contribution in [-0.2, 0) is 6.61 Å². The monoisotopic (exact) mass is 404 g/mol. The van der Waals surface area contributed by atoms with Crippen LogP contribution in [-0.4, -0.2) is 44.0 Å². The number of aliphatic hydroxyl groups is 1. The van der Waals surface area contributed by atoms with Gasteiger partial charge in [-0.1, -0.05) is 54.1 Å². The van der Waals surface area contributed by atoms with E-state index >= 15 is 0 Å². The normalized spacial score (nSPS) is 16.1. The molecule has 0 unspecified atom stereocenters. The van der Waals surface area contributed by atoms with E-state index in [-0.39, 0.29) is 18.3 Å². The number of likely N-dealkylation sites (tertiary alicyclic amines) is 1. The van der Waals surface area contributed by atoms with E-state index in [0.29, 0.717) is 0 Å².